The summed E-state index contributed by atoms with van der Waals surface area (Å²) in [5, 5.41) is 2.63. The average molecular weight is 416 g/mol. The Labute approximate surface area is 169 Å². The van der Waals surface area contributed by atoms with Gasteiger partial charge in [0.25, 0.3) is 0 Å². The molecule has 2 rings (SSSR count). The lowest BCUT2D eigenvalue weighted by molar-refractivity contribution is -0.119. The van der Waals surface area contributed by atoms with Crippen LogP contribution in [0, 0.1) is 5.82 Å². The normalized spacial score (nSPS) is 17.8. The van der Waals surface area contributed by atoms with Crippen LogP contribution in [-0.4, -0.2) is 30.8 Å². The molecule has 0 spiro atoms. The Kier molecular flexibility index (Phi) is 7.11. The number of hydrogen-bond donors (Lipinski definition) is 3. The number of hydrogen-bond acceptors (Lipinski definition) is 5. The van der Waals surface area contributed by atoms with Crippen molar-refractivity contribution in [1.29, 1.82) is 0 Å². The summed E-state index contributed by atoms with van der Waals surface area (Å²) in [6, 6.07) is 1.00. The SMILES string of the molecule is CCOc1c([C@H](C)NNC(=O)OC(C)(C)C)cc(Cl)c(F)c1C1CNC(=O)C1. The maximum atomic E-state index is 14.8. The van der Waals surface area contributed by atoms with Crippen LogP contribution in [0.5, 0.6) is 5.75 Å². The van der Waals surface area contributed by atoms with Gasteiger partial charge in [0.15, 0.2) is 0 Å². The molecule has 7 nitrogen and oxygen atoms in total. The van der Waals surface area contributed by atoms with E-state index < -0.39 is 23.6 Å². The predicted molar refractivity (Wildman–Crippen MR) is 104 cm³/mol. The van der Waals surface area contributed by atoms with E-state index in [1.165, 1.54) is 6.07 Å². The van der Waals surface area contributed by atoms with Gasteiger partial charge in [-0.15, -0.1) is 0 Å². The second kappa shape index (κ2) is 8.96. The first-order valence-corrected chi connectivity index (χ1v) is 9.57. The highest BCUT2D eigenvalue weighted by Crippen LogP contribution is 2.41. The monoisotopic (exact) mass is 415 g/mol. The van der Waals surface area contributed by atoms with Crippen molar-refractivity contribution < 1.29 is 23.5 Å². The summed E-state index contributed by atoms with van der Waals surface area (Å²) in [6.45, 7) is 9.44. The van der Waals surface area contributed by atoms with Crippen molar-refractivity contribution in [2.45, 2.75) is 58.6 Å². The Morgan fingerprint density at radius 1 is 1.46 bits per heavy atom. The Bertz CT molecular complexity index is 752. The zero-order valence-corrected chi connectivity index (χ0v) is 17.5. The molecular formula is C19H27ClFN3O4. The van der Waals surface area contributed by atoms with Crippen molar-refractivity contribution in [2.24, 2.45) is 0 Å². The first kappa shape index (κ1) is 22.2. The summed E-state index contributed by atoms with van der Waals surface area (Å²) in [5.41, 5.74) is 5.49. The molecule has 1 aromatic rings. The van der Waals surface area contributed by atoms with E-state index in [1.54, 1.807) is 34.6 Å². The van der Waals surface area contributed by atoms with Crippen molar-refractivity contribution in [3.05, 3.63) is 28.0 Å². The van der Waals surface area contributed by atoms with Crippen molar-refractivity contribution in [1.82, 2.24) is 16.2 Å². The summed E-state index contributed by atoms with van der Waals surface area (Å²) < 4.78 is 25.8. The molecule has 1 saturated heterocycles. The molecule has 1 aliphatic rings. The van der Waals surface area contributed by atoms with Crippen LogP contribution in [0.3, 0.4) is 0 Å². The number of hydrazine groups is 1. The van der Waals surface area contributed by atoms with Crippen LogP contribution in [0.1, 0.15) is 64.1 Å². The lowest BCUT2D eigenvalue weighted by Crippen LogP contribution is -2.42. The lowest BCUT2D eigenvalue weighted by atomic mass is 9.92. The molecule has 0 aromatic heterocycles. The molecule has 2 atom stereocenters. The zero-order valence-electron chi connectivity index (χ0n) is 16.7. The summed E-state index contributed by atoms with van der Waals surface area (Å²) in [5.74, 6) is -0.789. The van der Waals surface area contributed by atoms with E-state index in [0.29, 0.717) is 24.5 Å². The van der Waals surface area contributed by atoms with Crippen LogP contribution in [-0.2, 0) is 9.53 Å². The average Bonchev–Trinajstić information content (AvgIpc) is 3.00. The summed E-state index contributed by atoms with van der Waals surface area (Å²) in [6.07, 6.45) is -0.481. The van der Waals surface area contributed by atoms with Gasteiger partial charge in [-0.1, -0.05) is 11.6 Å². The third kappa shape index (κ3) is 5.48. The van der Waals surface area contributed by atoms with Crippen LogP contribution in [0.4, 0.5) is 9.18 Å². The molecule has 1 aromatic carbocycles. The summed E-state index contributed by atoms with van der Waals surface area (Å²) in [7, 11) is 0. The Balaban J connectivity index is 2.31. The fourth-order valence-corrected chi connectivity index (χ4v) is 3.22. The van der Waals surface area contributed by atoms with Gasteiger partial charge in [0, 0.05) is 30.0 Å². The van der Waals surface area contributed by atoms with E-state index in [1.807, 2.05) is 0 Å². The quantitative estimate of drug-likeness (QED) is 0.618. The minimum absolute atomic E-state index is 0.0706. The molecule has 2 amide bonds. The summed E-state index contributed by atoms with van der Waals surface area (Å²) in [4.78, 5) is 23.5. The number of rotatable bonds is 6. The van der Waals surface area contributed by atoms with Crippen molar-refractivity contribution in [2.75, 3.05) is 13.2 Å². The summed E-state index contributed by atoms with van der Waals surface area (Å²) >= 11 is 6.12. The highest BCUT2D eigenvalue weighted by molar-refractivity contribution is 6.31. The number of benzene rings is 1. The van der Waals surface area contributed by atoms with E-state index >= 15 is 0 Å². The maximum absolute atomic E-state index is 14.8. The van der Waals surface area contributed by atoms with Gasteiger partial charge < -0.3 is 14.8 Å². The highest BCUT2D eigenvalue weighted by Gasteiger charge is 2.32. The lowest BCUT2D eigenvalue weighted by Gasteiger charge is -2.25. The number of halogens is 2. The van der Waals surface area contributed by atoms with Gasteiger partial charge in [-0.25, -0.2) is 14.6 Å². The second-order valence-electron chi connectivity index (χ2n) is 7.64. The number of carbonyl (C=O) groups excluding carboxylic acids is 2. The van der Waals surface area contributed by atoms with Crippen molar-refractivity contribution in [3.63, 3.8) is 0 Å². The number of nitrogens with one attached hydrogen (secondary N) is 3. The van der Waals surface area contributed by atoms with Crippen LogP contribution in [0.15, 0.2) is 6.07 Å². The maximum Gasteiger partial charge on any atom is 0.422 e. The molecule has 1 unspecified atom stereocenters. The molecule has 0 saturated carbocycles. The first-order valence-electron chi connectivity index (χ1n) is 9.19. The minimum atomic E-state index is -0.642. The molecule has 1 aliphatic heterocycles. The van der Waals surface area contributed by atoms with Crippen LogP contribution in [0.2, 0.25) is 5.02 Å². The Morgan fingerprint density at radius 3 is 2.68 bits per heavy atom. The molecule has 0 bridgehead atoms. The molecule has 0 aliphatic carbocycles. The number of amides is 2. The van der Waals surface area contributed by atoms with Gasteiger partial charge in [-0.2, -0.15) is 0 Å². The van der Waals surface area contributed by atoms with E-state index in [2.05, 4.69) is 16.2 Å². The van der Waals surface area contributed by atoms with Crippen molar-refractivity contribution >= 4 is 23.6 Å². The van der Waals surface area contributed by atoms with Crippen molar-refractivity contribution in [3.8, 4) is 5.75 Å². The van der Waals surface area contributed by atoms with Gasteiger partial charge >= 0.3 is 6.09 Å². The van der Waals surface area contributed by atoms with E-state index in [-0.39, 0.29) is 28.8 Å². The molecule has 156 valence electrons. The standard InChI is InChI=1S/C19H27ClFN3O4/c1-6-27-17-12(10(2)23-24-18(26)28-19(3,4)5)8-13(20)16(21)15(17)11-7-14(25)22-9-11/h8,10-11,23H,6-7,9H2,1-5H3,(H,22,25)(H,24,26)/t10-,11?/m0/s1. The van der Waals surface area contributed by atoms with Crippen LogP contribution in [0.25, 0.3) is 0 Å². The van der Waals surface area contributed by atoms with E-state index in [9.17, 15) is 14.0 Å². The number of carbonyl (C=O) groups is 2. The van der Waals surface area contributed by atoms with Gasteiger partial charge in [0.05, 0.1) is 17.7 Å². The largest absolute Gasteiger partial charge is 0.493 e. The van der Waals surface area contributed by atoms with Crippen LogP contribution < -0.4 is 20.9 Å². The predicted octanol–water partition coefficient (Wildman–Crippen LogP) is 3.57. The topological polar surface area (TPSA) is 88.7 Å². The molecule has 1 fully saturated rings. The zero-order chi connectivity index (χ0) is 21.1. The first-order chi connectivity index (χ1) is 13.0. The Hall–Kier alpha value is -2.06. The third-order valence-corrected chi connectivity index (χ3v) is 4.44. The van der Waals surface area contributed by atoms with Gasteiger partial charge in [-0.05, 0) is 40.7 Å². The molecule has 3 N–H and O–H groups in total. The Morgan fingerprint density at radius 2 is 2.14 bits per heavy atom. The smallest absolute Gasteiger partial charge is 0.422 e. The second-order valence-corrected chi connectivity index (χ2v) is 8.04. The fraction of sp³-hybridized carbons (Fsp3) is 0.579. The van der Waals surface area contributed by atoms with E-state index in [4.69, 9.17) is 21.1 Å². The van der Waals surface area contributed by atoms with Gasteiger partial charge in [0.2, 0.25) is 5.91 Å². The molecule has 0 radical (unpaired) electrons. The molecule has 1 heterocycles. The van der Waals surface area contributed by atoms with E-state index in [0.717, 1.165) is 0 Å². The molecule has 28 heavy (non-hydrogen) atoms. The van der Waals surface area contributed by atoms with Crippen LogP contribution >= 0.6 is 11.6 Å². The minimum Gasteiger partial charge on any atom is -0.493 e. The number of ether oxygens (including phenoxy) is 2. The highest BCUT2D eigenvalue weighted by atomic mass is 35.5. The molecular weight excluding hydrogens is 389 g/mol. The van der Waals surface area contributed by atoms with Gasteiger partial charge in [0.1, 0.15) is 17.2 Å². The molecule has 9 heteroatoms. The van der Waals surface area contributed by atoms with Gasteiger partial charge in [-0.3, -0.25) is 10.2 Å². The third-order valence-electron chi connectivity index (χ3n) is 4.17. The fourth-order valence-electron chi connectivity index (χ4n) is 3.00.